The van der Waals surface area contributed by atoms with Crippen LogP contribution in [0.5, 0.6) is 0 Å². The molecule has 0 atom stereocenters. The van der Waals surface area contributed by atoms with Crippen LogP contribution in [0.4, 0.5) is 0 Å². The first-order chi connectivity index (χ1) is 7.39. The molecule has 94 valence electrons. The van der Waals surface area contributed by atoms with Gasteiger partial charge >= 0.3 is 7.60 Å². The molecule has 0 aliphatic carbocycles. The molecule has 0 aromatic carbocycles. The molecular formula is C10H20NO3PS. The number of nitrogens with zero attached hydrogens (tertiary/aromatic N) is 1. The van der Waals surface area contributed by atoms with E-state index in [0.29, 0.717) is 19.1 Å². The third kappa shape index (κ3) is 8.14. The zero-order valence-corrected chi connectivity index (χ0v) is 12.0. The Bertz CT molecular complexity index is 274. The van der Waals surface area contributed by atoms with Crippen LogP contribution in [0.15, 0.2) is 4.99 Å². The molecule has 0 rings (SSSR count). The predicted octanol–water partition coefficient (Wildman–Crippen LogP) is 3.52. The van der Waals surface area contributed by atoms with Crippen molar-refractivity contribution in [1.82, 2.24) is 0 Å². The van der Waals surface area contributed by atoms with Crippen molar-refractivity contribution in [3.63, 3.8) is 0 Å². The molecule has 0 radical (unpaired) electrons. The van der Waals surface area contributed by atoms with Crippen LogP contribution in [0.25, 0.3) is 0 Å². The maximum atomic E-state index is 12.3. The standard InChI is InChI=1S/C10H20NO3PS/c1-9(2)13-15(12,14-10(3)4)7-5-6-11-8-16/h9-10H,5-7H2,1-4H3. The van der Waals surface area contributed by atoms with E-state index in [-0.39, 0.29) is 12.2 Å². The maximum Gasteiger partial charge on any atom is 0.331 e. The highest BCUT2D eigenvalue weighted by atomic mass is 32.1. The minimum Gasteiger partial charge on any atom is -0.306 e. The fourth-order valence-corrected chi connectivity index (χ4v) is 3.33. The summed E-state index contributed by atoms with van der Waals surface area (Å²) in [6, 6.07) is 0. The third-order valence-electron chi connectivity index (χ3n) is 1.51. The van der Waals surface area contributed by atoms with Crippen molar-refractivity contribution in [1.29, 1.82) is 0 Å². The summed E-state index contributed by atoms with van der Waals surface area (Å²) in [6.45, 7) is 7.87. The van der Waals surface area contributed by atoms with Gasteiger partial charge in [0.15, 0.2) is 0 Å². The average Bonchev–Trinajstić information content (AvgIpc) is 2.09. The Kier molecular flexibility index (Phi) is 8.08. The van der Waals surface area contributed by atoms with E-state index >= 15 is 0 Å². The van der Waals surface area contributed by atoms with Crippen LogP contribution in [0.3, 0.4) is 0 Å². The number of hydrogen-bond acceptors (Lipinski definition) is 5. The minimum absolute atomic E-state index is 0.112. The van der Waals surface area contributed by atoms with Gasteiger partial charge < -0.3 is 9.05 Å². The number of rotatable bonds is 8. The zero-order chi connectivity index (χ0) is 12.6. The van der Waals surface area contributed by atoms with Crippen LogP contribution in [0.1, 0.15) is 34.1 Å². The highest BCUT2D eigenvalue weighted by Gasteiger charge is 2.26. The van der Waals surface area contributed by atoms with Gasteiger partial charge in [0.25, 0.3) is 0 Å². The summed E-state index contributed by atoms with van der Waals surface area (Å²) in [5.41, 5.74) is 0. The molecule has 0 aliphatic heterocycles. The van der Waals surface area contributed by atoms with Crippen LogP contribution < -0.4 is 0 Å². The normalized spacial score (nSPS) is 11.9. The second kappa shape index (κ2) is 8.10. The first kappa shape index (κ1) is 16.0. The summed E-state index contributed by atoms with van der Waals surface area (Å²) >= 11 is 4.45. The molecule has 0 saturated heterocycles. The summed E-state index contributed by atoms with van der Waals surface area (Å²) in [5.74, 6) is 0. The minimum atomic E-state index is -2.99. The van der Waals surface area contributed by atoms with Gasteiger partial charge in [0, 0.05) is 6.54 Å². The van der Waals surface area contributed by atoms with Gasteiger partial charge in [-0.2, -0.15) is 0 Å². The van der Waals surface area contributed by atoms with E-state index in [1.165, 1.54) is 0 Å². The summed E-state index contributed by atoms with van der Waals surface area (Å²) < 4.78 is 23.0. The maximum absolute atomic E-state index is 12.3. The molecule has 0 fully saturated rings. The van der Waals surface area contributed by atoms with Gasteiger partial charge in [-0.1, -0.05) is 0 Å². The topological polar surface area (TPSA) is 47.9 Å². The van der Waals surface area contributed by atoms with Gasteiger partial charge in [-0.15, -0.1) is 0 Å². The molecular weight excluding hydrogens is 245 g/mol. The average molecular weight is 265 g/mol. The van der Waals surface area contributed by atoms with Crippen molar-refractivity contribution in [3.05, 3.63) is 0 Å². The molecule has 16 heavy (non-hydrogen) atoms. The van der Waals surface area contributed by atoms with Gasteiger partial charge in [0.05, 0.1) is 23.5 Å². The van der Waals surface area contributed by atoms with Crippen LogP contribution in [0, 0.1) is 0 Å². The van der Waals surface area contributed by atoms with E-state index in [2.05, 4.69) is 22.4 Å². The lowest BCUT2D eigenvalue weighted by Gasteiger charge is -2.22. The molecule has 4 nitrogen and oxygen atoms in total. The van der Waals surface area contributed by atoms with Gasteiger partial charge in [0.2, 0.25) is 0 Å². The molecule has 0 saturated carbocycles. The van der Waals surface area contributed by atoms with Gasteiger partial charge in [-0.3, -0.25) is 4.57 Å². The Morgan fingerprint density at radius 1 is 1.25 bits per heavy atom. The highest BCUT2D eigenvalue weighted by Crippen LogP contribution is 2.50. The summed E-state index contributed by atoms with van der Waals surface area (Å²) in [6.07, 6.45) is 0.765. The van der Waals surface area contributed by atoms with E-state index in [1.807, 2.05) is 27.7 Å². The van der Waals surface area contributed by atoms with Crippen molar-refractivity contribution in [3.8, 4) is 0 Å². The second-order valence-electron chi connectivity index (χ2n) is 3.97. The highest BCUT2D eigenvalue weighted by molar-refractivity contribution is 7.78. The number of isothiocyanates is 1. The smallest absolute Gasteiger partial charge is 0.306 e. The van der Waals surface area contributed by atoms with Crippen molar-refractivity contribution in [2.75, 3.05) is 12.7 Å². The Balaban J connectivity index is 4.29. The van der Waals surface area contributed by atoms with Crippen molar-refractivity contribution in [2.45, 2.75) is 46.3 Å². The first-order valence-electron chi connectivity index (χ1n) is 5.39. The Hall–Kier alpha value is -0.0500. The SMILES string of the molecule is CC(C)OP(=O)(CCCN=C=S)OC(C)C. The van der Waals surface area contributed by atoms with Crippen molar-refractivity contribution >= 4 is 25.0 Å². The molecule has 6 heteroatoms. The monoisotopic (exact) mass is 265 g/mol. The van der Waals surface area contributed by atoms with Gasteiger partial charge in [-0.25, -0.2) is 4.99 Å². The van der Waals surface area contributed by atoms with E-state index in [1.54, 1.807) is 0 Å². The molecule has 0 N–H and O–H groups in total. The fraction of sp³-hybridized carbons (Fsp3) is 0.900. The van der Waals surface area contributed by atoms with Gasteiger partial charge in [-0.05, 0) is 46.3 Å². The lowest BCUT2D eigenvalue weighted by molar-refractivity contribution is 0.142. The summed E-state index contributed by atoms with van der Waals surface area (Å²) in [4.78, 5) is 3.77. The summed E-state index contributed by atoms with van der Waals surface area (Å²) in [5, 5.41) is 2.27. The van der Waals surface area contributed by atoms with E-state index in [0.717, 1.165) is 0 Å². The molecule has 0 heterocycles. The quantitative estimate of drug-likeness (QED) is 0.291. The third-order valence-corrected chi connectivity index (χ3v) is 3.99. The first-order valence-corrected chi connectivity index (χ1v) is 7.52. The number of thiocarbonyl (C=S) groups is 1. The van der Waals surface area contributed by atoms with Crippen LogP contribution >= 0.6 is 19.8 Å². The second-order valence-corrected chi connectivity index (χ2v) is 6.24. The van der Waals surface area contributed by atoms with Gasteiger partial charge in [0.1, 0.15) is 0 Å². The number of hydrogen-bond donors (Lipinski definition) is 0. The van der Waals surface area contributed by atoms with E-state index in [9.17, 15) is 4.57 Å². The molecule has 0 amide bonds. The zero-order valence-electron chi connectivity index (χ0n) is 10.3. The molecule has 0 aromatic heterocycles. The molecule has 0 aliphatic rings. The fourth-order valence-electron chi connectivity index (χ4n) is 1.16. The predicted molar refractivity (Wildman–Crippen MR) is 69.4 cm³/mol. The molecule has 0 aromatic rings. The molecule has 0 spiro atoms. The largest absolute Gasteiger partial charge is 0.331 e. The van der Waals surface area contributed by atoms with E-state index in [4.69, 9.17) is 9.05 Å². The van der Waals surface area contributed by atoms with Crippen LogP contribution in [0.2, 0.25) is 0 Å². The molecule has 0 bridgehead atoms. The Labute approximate surface area is 103 Å². The van der Waals surface area contributed by atoms with Crippen molar-refractivity contribution < 1.29 is 13.6 Å². The lowest BCUT2D eigenvalue weighted by Crippen LogP contribution is -2.10. The Morgan fingerprint density at radius 3 is 2.12 bits per heavy atom. The van der Waals surface area contributed by atoms with Crippen LogP contribution in [-0.4, -0.2) is 30.1 Å². The van der Waals surface area contributed by atoms with Crippen LogP contribution in [-0.2, 0) is 13.6 Å². The summed E-state index contributed by atoms with van der Waals surface area (Å²) in [7, 11) is -2.99. The van der Waals surface area contributed by atoms with Crippen molar-refractivity contribution in [2.24, 2.45) is 4.99 Å². The number of aliphatic imine (C=N–C) groups is 1. The lowest BCUT2D eigenvalue weighted by atomic mass is 10.5. The van der Waals surface area contributed by atoms with E-state index < -0.39 is 7.60 Å². The Morgan fingerprint density at radius 2 is 1.75 bits per heavy atom. The molecule has 0 unspecified atom stereocenters.